The highest BCUT2D eigenvalue weighted by Crippen LogP contribution is 2.20. The van der Waals surface area contributed by atoms with Crippen molar-refractivity contribution in [3.05, 3.63) is 66.7 Å². The molecule has 2 heterocycles. The van der Waals surface area contributed by atoms with Crippen molar-refractivity contribution in [1.29, 1.82) is 0 Å². The van der Waals surface area contributed by atoms with Gasteiger partial charge in [-0.05, 0) is 41.3 Å². The second kappa shape index (κ2) is 5.29. The lowest BCUT2D eigenvalue weighted by Gasteiger charge is -2.06. The molecule has 0 spiro atoms. The van der Waals surface area contributed by atoms with E-state index in [0.717, 1.165) is 16.8 Å². The van der Waals surface area contributed by atoms with Crippen molar-refractivity contribution in [3.63, 3.8) is 0 Å². The van der Waals surface area contributed by atoms with Crippen molar-refractivity contribution in [3.8, 4) is 16.8 Å². The van der Waals surface area contributed by atoms with Gasteiger partial charge in [0.15, 0.2) is 0 Å². The lowest BCUT2D eigenvalue weighted by molar-refractivity contribution is 0.854. The van der Waals surface area contributed by atoms with Crippen LogP contribution in [0.3, 0.4) is 0 Å². The fourth-order valence-corrected chi connectivity index (χ4v) is 2.17. The Morgan fingerprint density at radius 1 is 0.900 bits per heavy atom. The molecule has 0 atom stereocenters. The summed E-state index contributed by atoms with van der Waals surface area (Å²) in [5, 5.41) is 4.43. The molecule has 0 aliphatic carbocycles. The Bertz CT molecular complexity index is 682. The number of aromatic nitrogens is 3. The monoisotopic (exact) mass is 263 g/mol. The van der Waals surface area contributed by atoms with Crippen LogP contribution in [0, 0.1) is 0 Å². The molecule has 0 fully saturated rings. The van der Waals surface area contributed by atoms with Gasteiger partial charge in [0.05, 0.1) is 11.9 Å². The van der Waals surface area contributed by atoms with E-state index in [1.807, 2.05) is 29.2 Å². The molecule has 2 aromatic heterocycles. The molecule has 3 aromatic rings. The van der Waals surface area contributed by atoms with Crippen LogP contribution in [0.5, 0.6) is 0 Å². The summed E-state index contributed by atoms with van der Waals surface area (Å²) in [4.78, 5) is 4.03. The highest BCUT2D eigenvalue weighted by molar-refractivity contribution is 5.61. The van der Waals surface area contributed by atoms with Crippen LogP contribution in [0.4, 0.5) is 0 Å². The number of rotatable bonds is 3. The highest BCUT2D eigenvalue weighted by Gasteiger charge is 2.04. The number of hydrogen-bond donors (Lipinski definition) is 0. The van der Waals surface area contributed by atoms with Crippen molar-refractivity contribution < 1.29 is 0 Å². The largest absolute Gasteiger partial charge is 0.265 e. The van der Waals surface area contributed by atoms with Gasteiger partial charge >= 0.3 is 0 Å². The van der Waals surface area contributed by atoms with E-state index < -0.39 is 0 Å². The molecule has 0 saturated heterocycles. The van der Waals surface area contributed by atoms with Crippen molar-refractivity contribution in [1.82, 2.24) is 14.8 Å². The van der Waals surface area contributed by atoms with Crippen molar-refractivity contribution in [2.75, 3.05) is 0 Å². The van der Waals surface area contributed by atoms with Crippen LogP contribution in [-0.2, 0) is 0 Å². The summed E-state index contributed by atoms with van der Waals surface area (Å²) in [6.45, 7) is 4.40. The zero-order valence-corrected chi connectivity index (χ0v) is 11.7. The van der Waals surface area contributed by atoms with Gasteiger partial charge in [-0.15, -0.1) is 0 Å². The van der Waals surface area contributed by atoms with Gasteiger partial charge in [0.2, 0.25) is 0 Å². The lowest BCUT2D eigenvalue weighted by Crippen LogP contribution is -1.95. The molecular formula is C17H17N3. The first-order valence-electron chi connectivity index (χ1n) is 6.79. The Morgan fingerprint density at radius 3 is 2.25 bits per heavy atom. The summed E-state index contributed by atoms with van der Waals surface area (Å²) in [7, 11) is 0. The molecular weight excluding hydrogens is 246 g/mol. The van der Waals surface area contributed by atoms with E-state index in [1.54, 1.807) is 12.4 Å². The molecule has 3 heteroatoms. The Labute approximate surface area is 118 Å². The molecule has 0 aliphatic heterocycles. The van der Waals surface area contributed by atoms with Gasteiger partial charge in [-0.25, -0.2) is 4.68 Å². The van der Waals surface area contributed by atoms with Gasteiger partial charge in [-0.3, -0.25) is 4.98 Å². The summed E-state index contributed by atoms with van der Waals surface area (Å²) in [5.74, 6) is 0.550. The third-order valence-electron chi connectivity index (χ3n) is 3.42. The molecule has 0 unspecified atom stereocenters. The van der Waals surface area contributed by atoms with Crippen LogP contribution in [-0.4, -0.2) is 14.8 Å². The van der Waals surface area contributed by atoms with E-state index in [-0.39, 0.29) is 0 Å². The van der Waals surface area contributed by atoms with Crippen molar-refractivity contribution in [2.45, 2.75) is 19.8 Å². The molecule has 0 amide bonds. The van der Waals surface area contributed by atoms with Gasteiger partial charge in [-0.2, -0.15) is 5.10 Å². The summed E-state index contributed by atoms with van der Waals surface area (Å²) >= 11 is 0. The average molecular weight is 263 g/mol. The maximum atomic E-state index is 4.43. The van der Waals surface area contributed by atoms with Crippen LogP contribution in [0.25, 0.3) is 16.8 Å². The van der Waals surface area contributed by atoms with Gasteiger partial charge in [-0.1, -0.05) is 26.0 Å². The third-order valence-corrected chi connectivity index (χ3v) is 3.42. The molecule has 0 bridgehead atoms. The number of benzene rings is 1. The Balaban J connectivity index is 1.90. The molecule has 0 aliphatic rings. The lowest BCUT2D eigenvalue weighted by atomic mass is 10.0. The summed E-state index contributed by atoms with van der Waals surface area (Å²) in [5.41, 5.74) is 4.65. The SMILES string of the molecule is CC(C)c1ccc(-n2cc(-c3ccncc3)cn2)cc1. The third kappa shape index (κ3) is 2.48. The predicted octanol–water partition coefficient (Wildman–Crippen LogP) is 4.06. The summed E-state index contributed by atoms with van der Waals surface area (Å²) in [6, 6.07) is 12.5. The summed E-state index contributed by atoms with van der Waals surface area (Å²) < 4.78 is 1.90. The standard InChI is InChI=1S/C17H17N3/c1-13(2)14-3-5-17(6-4-14)20-12-16(11-19-20)15-7-9-18-10-8-15/h3-13H,1-2H3. The number of hydrogen-bond acceptors (Lipinski definition) is 2. The smallest absolute Gasteiger partial charge is 0.0646 e. The first-order valence-corrected chi connectivity index (χ1v) is 6.79. The van der Waals surface area contributed by atoms with E-state index in [0.29, 0.717) is 5.92 Å². The van der Waals surface area contributed by atoms with Crippen LogP contribution < -0.4 is 0 Å². The zero-order valence-electron chi connectivity index (χ0n) is 11.7. The van der Waals surface area contributed by atoms with Crippen LogP contribution in [0.1, 0.15) is 25.3 Å². The minimum absolute atomic E-state index is 0.550. The zero-order chi connectivity index (χ0) is 13.9. The minimum Gasteiger partial charge on any atom is -0.265 e. The van der Waals surface area contributed by atoms with E-state index in [1.165, 1.54) is 5.56 Å². The second-order valence-electron chi connectivity index (χ2n) is 5.16. The Kier molecular flexibility index (Phi) is 3.33. The maximum absolute atomic E-state index is 4.43. The number of nitrogens with zero attached hydrogens (tertiary/aromatic N) is 3. The first-order chi connectivity index (χ1) is 9.74. The minimum atomic E-state index is 0.550. The summed E-state index contributed by atoms with van der Waals surface area (Å²) in [6.07, 6.45) is 7.51. The van der Waals surface area contributed by atoms with Gasteiger partial charge in [0.1, 0.15) is 0 Å². The molecule has 0 N–H and O–H groups in total. The van der Waals surface area contributed by atoms with E-state index in [9.17, 15) is 0 Å². The predicted molar refractivity (Wildman–Crippen MR) is 80.9 cm³/mol. The quantitative estimate of drug-likeness (QED) is 0.713. The van der Waals surface area contributed by atoms with E-state index in [2.05, 4.69) is 48.2 Å². The van der Waals surface area contributed by atoms with Crippen LogP contribution >= 0.6 is 0 Å². The molecule has 20 heavy (non-hydrogen) atoms. The first kappa shape index (κ1) is 12.6. The van der Waals surface area contributed by atoms with Crippen LogP contribution in [0.15, 0.2) is 61.2 Å². The van der Waals surface area contributed by atoms with Gasteiger partial charge < -0.3 is 0 Å². The fourth-order valence-electron chi connectivity index (χ4n) is 2.17. The second-order valence-corrected chi connectivity index (χ2v) is 5.16. The molecule has 3 nitrogen and oxygen atoms in total. The number of pyridine rings is 1. The topological polar surface area (TPSA) is 30.7 Å². The van der Waals surface area contributed by atoms with Crippen molar-refractivity contribution >= 4 is 0 Å². The Hall–Kier alpha value is -2.42. The Morgan fingerprint density at radius 2 is 1.60 bits per heavy atom. The normalized spacial score (nSPS) is 10.9. The van der Waals surface area contributed by atoms with E-state index in [4.69, 9.17) is 0 Å². The molecule has 3 rings (SSSR count). The van der Waals surface area contributed by atoms with Gasteiger partial charge in [0, 0.05) is 24.2 Å². The molecule has 100 valence electrons. The molecule has 1 aromatic carbocycles. The molecule has 0 radical (unpaired) electrons. The maximum Gasteiger partial charge on any atom is 0.0646 e. The van der Waals surface area contributed by atoms with Crippen molar-refractivity contribution in [2.24, 2.45) is 0 Å². The van der Waals surface area contributed by atoms with E-state index >= 15 is 0 Å². The highest BCUT2D eigenvalue weighted by atomic mass is 15.3. The van der Waals surface area contributed by atoms with Crippen LogP contribution in [0.2, 0.25) is 0 Å². The average Bonchev–Trinajstić information content (AvgIpc) is 2.98. The van der Waals surface area contributed by atoms with Gasteiger partial charge in [0.25, 0.3) is 0 Å². The molecule has 0 saturated carbocycles. The fraction of sp³-hybridized carbons (Fsp3) is 0.176.